The van der Waals surface area contributed by atoms with E-state index in [1.807, 2.05) is 11.0 Å². The Balaban J connectivity index is 1.60. The lowest BCUT2D eigenvalue weighted by Crippen LogP contribution is -2.43. The first kappa shape index (κ1) is 16.2. The van der Waals surface area contributed by atoms with Gasteiger partial charge < -0.3 is 15.1 Å². The summed E-state index contributed by atoms with van der Waals surface area (Å²) in [6.07, 6.45) is 4.42. The van der Waals surface area contributed by atoms with E-state index in [1.54, 1.807) is 6.92 Å². The third kappa shape index (κ3) is 3.28. The zero-order chi connectivity index (χ0) is 17.4. The molecule has 0 aromatic heterocycles. The second-order valence-corrected chi connectivity index (χ2v) is 7.35. The van der Waals surface area contributed by atoms with Gasteiger partial charge in [0.1, 0.15) is 5.84 Å². The first-order valence-electron chi connectivity index (χ1n) is 9.29. The van der Waals surface area contributed by atoms with Gasteiger partial charge in [-0.25, -0.2) is 0 Å². The summed E-state index contributed by atoms with van der Waals surface area (Å²) >= 11 is 0. The average Bonchev–Trinajstić information content (AvgIpc) is 3.36. The van der Waals surface area contributed by atoms with Crippen LogP contribution in [0.25, 0.3) is 0 Å². The number of anilines is 1. The molecule has 0 spiro atoms. The smallest absolute Gasteiger partial charge is 0.219 e. The number of carbonyl (C=O) groups is 1. The van der Waals surface area contributed by atoms with Crippen molar-refractivity contribution in [1.82, 2.24) is 10.2 Å². The maximum atomic E-state index is 11.9. The van der Waals surface area contributed by atoms with Gasteiger partial charge in [0.05, 0.1) is 6.54 Å². The van der Waals surface area contributed by atoms with Crippen molar-refractivity contribution in [2.75, 3.05) is 31.1 Å². The molecular weight excluding hydrogens is 312 g/mol. The Labute approximate surface area is 149 Å². The Morgan fingerprint density at radius 1 is 1.24 bits per heavy atom. The van der Waals surface area contributed by atoms with Gasteiger partial charge in [-0.05, 0) is 36.8 Å². The van der Waals surface area contributed by atoms with Crippen molar-refractivity contribution in [3.05, 3.63) is 41.1 Å². The van der Waals surface area contributed by atoms with E-state index in [0.717, 1.165) is 49.7 Å². The monoisotopic (exact) mass is 338 g/mol. The maximum absolute atomic E-state index is 11.9. The minimum Gasteiger partial charge on any atom is -0.388 e. The van der Waals surface area contributed by atoms with Crippen LogP contribution in [0, 0.1) is 11.3 Å². The predicted octanol–water partition coefficient (Wildman–Crippen LogP) is 2.53. The molecule has 0 atom stereocenters. The molecule has 2 N–H and O–H groups in total. The number of benzene rings is 1. The minimum atomic E-state index is 0.0911. The molecule has 3 aliphatic rings. The fourth-order valence-corrected chi connectivity index (χ4v) is 3.77. The number of rotatable bonds is 4. The lowest BCUT2D eigenvalue weighted by atomic mass is 10.0. The van der Waals surface area contributed by atoms with Crippen LogP contribution in [0.4, 0.5) is 5.69 Å². The zero-order valence-electron chi connectivity index (χ0n) is 14.8. The number of nitrogens with one attached hydrogen (secondary N) is 2. The van der Waals surface area contributed by atoms with Gasteiger partial charge in [0, 0.05) is 49.9 Å². The molecule has 5 heteroatoms. The number of fused-ring (bicyclic) bond motifs is 1. The molecule has 0 unspecified atom stereocenters. The van der Waals surface area contributed by atoms with E-state index < -0.39 is 0 Å². The van der Waals surface area contributed by atoms with Crippen molar-refractivity contribution in [3.8, 4) is 0 Å². The van der Waals surface area contributed by atoms with Crippen molar-refractivity contribution in [3.63, 3.8) is 0 Å². The average molecular weight is 338 g/mol. The van der Waals surface area contributed by atoms with E-state index in [1.165, 1.54) is 24.1 Å². The summed E-state index contributed by atoms with van der Waals surface area (Å²) in [6, 6.07) is 8.34. The van der Waals surface area contributed by atoms with E-state index in [0.29, 0.717) is 12.4 Å². The first-order chi connectivity index (χ1) is 12.1. The quantitative estimate of drug-likeness (QED) is 0.655. The fraction of sp³-hybridized carbons (Fsp3) is 0.500. The fourth-order valence-electron chi connectivity index (χ4n) is 3.77. The third-order valence-corrected chi connectivity index (χ3v) is 5.53. The number of hydrogen-bond acceptors (Lipinski definition) is 3. The Morgan fingerprint density at radius 3 is 2.80 bits per heavy atom. The summed E-state index contributed by atoms with van der Waals surface area (Å²) in [7, 11) is 0. The summed E-state index contributed by atoms with van der Waals surface area (Å²) in [5.41, 5.74) is 4.60. The summed E-state index contributed by atoms with van der Waals surface area (Å²) in [5.74, 6) is 1.43. The van der Waals surface area contributed by atoms with E-state index in [4.69, 9.17) is 5.41 Å². The SMILES string of the molecule is CC(=O)N1CCC(NCC2CC2)=C(C(=N)N2CCc3ccccc32)C1. The van der Waals surface area contributed by atoms with Crippen LogP contribution in [0.2, 0.25) is 0 Å². The Morgan fingerprint density at radius 2 is 2.04 bits per heavy atom. The van der Waals surface area contributed by atoms with Crippen molar-refractivity contribution in [2.45, 2.75) is 32.6 Å². The highest BCUT2D eigenvalue weighted by Crippen LogP contribution is 2.31. The van der Waals surface area contributed by atoms with Crippen LogP contribution in [0.5, 0.6) is 0 Å². The van der Waals surface area contributed by atoms with Gasteiger partial charge in [0.15, 0.2) is 0 Å². The molecule has 1 aliphatic carbocycles. The molecule has 5 nitrogen and oxygen atoms in total. The molecule has 0 radical (unpaired) electrons. The molecule has 0 saturated heterocycles. The van der Waals surface area contributed by atoms with Crippen LogP contribution in [0.3, 0.4) is 0 Å². The number of hydrogen-bond donors (Lipinski definition) is 2. The number of amides is 1. The molecule has 132 valence electrons. The Kier molecular flexibility index (Phi) is 4.24. The number of amidine groups is 1. The molecule has 1 fully saturated rings. The van der Waals surface area contributed by atoms with Crippen LogP contribution in [0.15, 0.2) is 35.5 Å². The maximum Gasteiger partial charge on any atom is 0.219 e. The highest BCUT2D eigenvalue weighted by atomic mass is 16.2. The number of nitrogens with zero attached hydrogens (tertiary/aromatic N) is 2. The van der Waals surface area contributed by atoms with Crippen LogP contribution in [-0.2, 0) is 11.2 Å². The molecule has 1 aromatic carbocycles. The molecule has 1 amide bonds. The van der Waals surface area contributed by atoms with E-state index in [9.17, 15) is 4.79 Å². The molecule has 1 saturated carbocycles. The highest BCUT2D eigenvalue weighted by Gasteiger charge is 2.30. The number of carbonyl (C=O) groups excluding carboxylic acids is 1. The van der Waals surface area contributed by atoms with Gasteiger partial charge in [0.25, 0.3) is 0 Å². The number of para-hydroxylation sites is 1. The predicted molar refractivity (Wildman–Crippen MR) is 99.8 cm³/mol. The lowest BCUT2D eigenvalue weighted by Gasteiger charge is -2.33. The van der Waals surface area contributed by atoms with Crippen LogP contribution < -0.4 is 10.2 Å². The van der Waals surface area contributed by atoms with Crippen LogP contribution in [-0.4, -0.2) is 42.8 Å². The van der Waals surface area contributed by atoms with Gasteiger partial charge in [-0.3, -0.25) is 10.2 Å². The van der Waals surface area contributed by atoms with Gasteiger partial charge >= 0.3 is 0 Å². The second-order valence-electron chi connectivity index (χ2n) is 7.35. The standard InChI is InChI=1S/C20H26N4O/c1-14(25)23-10-9-18(22-12-15-6-7-15)17(13-23)20(21)24-11-8-16-4-2-3-5-19(16)24/h2-5,15,21-22H,6-13H2,1H3. The molecule has 25 heavy (non-hydrogen) atoms. The van der Waals surface area contributed by atoms with E-state index >= 15 is 0 Å². The lowest BCUT2D eigenvalue weighted by molar-refractivity contribution is -0.128. The largest absolute Gasteiger partial charge is 0.388 e. The van der Waals surface area contributed by atoms with Gasteiger partial charge in [-0.2, -0.15) is 0 Å². The molecule has 1 aromatic rings. The van der Waals surface area contributed by atoms with Crippen molar-refractivity contribution >= 4 is 17.4 Å². The molecular formula is C20H26N4O. The second kappa shape index (κ2) is 6.54. The van der Waals surface area contributed by atoms with Crippen molar-refractivity contribution < 1.29 is 4.79 Å². The van der Waals surface area contributed by atoms with Crippen molar-refractivity contribution in [2.24, 2.45) is 5.92 Å². The van der Waals surface area contributed by atoms with Crippen LogP contribution in [0.1, 0.15) is 31.7 Å². The van der Waals surface area contributed by atoms with Crippen molar-refractivity contribution in [1.29, 1.82) is 5.41 Å². The van der Waals surface area contributed by atoms with E-state index in [2.05, 4.69) is 28.4 Å². The highest BCUT2D eigenvalue weighted by molar-refractivity contribution is 6.09. The molecule has 2 heterocycles. The minimum absolute atomic E-state index is 0.0911. The topological polar surface area (TPSA) is 59.4 Å². The Hall–Kier alpha value is -2.30. The Bertz CT molecular complexity index is 735. The third-order valence-electron chi connectivity index (χ3n) is 5.53. The summed E-state index contributed by atoms with van der Waals surface area (Å²) in [6.45, 7) is 4.75. The zero-order valence-corrected chi connectivity index (χ0v) is 14.8. The molecule has 2 aliphatic heterocycles. The van der Waals surface area contributed by atoms with Crippen LogP contribution >= 0.6 is 0 Å². The summed E-state index contributed by atoms with van der Waals surface area (Å²) < 4.78 is 0. The van der Waals surface area contributed by atoms with Gasteiger partial charge in [-0.1, -0.05) is 18.2 Å². The van der Waals surface area contributed by atoms with E-state index in [-0.39, 0.29) is 5.91 Å². The summed E-state index contributed by atoms with van der Waals surface area (Å²) in [5, 5.41) is 12.5. The van der Waals surface area contributed by atoms with Gasteiger partial charge in [0.2, 0.25) is 5.91 Å². The molecule has 4 rings (SSSR count). The normalized spacial score (nSPS) is 19.9. The first-order valence-corrected chi connectivity index (χ1v) is 9.29. The van der Waals surface area contributed by atoms with Gasteiger partial charge in [-0.15, -0.1) is 0 Å². The summed E-state index contributed by atoms with van der Waals surface area (Å²) in [4.78, 5) is 15.8. The molecule has 0 bridgehead atoms.